The van der Waals surface area contributed by atoms with Crippen LogP contribution in [-0.4, -0.2) is 16.5 Å². The van der Waals surface area contributed by atoms with Crippen LogP contribution in [0.1, 0.15) is 31.2 Å². The van der Waals surface area contributed by atoms with Crippen LogP contribution < -0.4 is 20.1 Å². The van der Waals surface area contributed by atoms with Crippen LogP contribution in [-0.2, 0) is 0 Å². The number of rotatable bonds is 7. The first-order valence-corrected chi connectivity index (χ1v) is 21.8. The van der Waals surface area contributed by atoms with E-state index in [2.05, 4.69) is 167 Å². The number of anilines is 3. The topological polar surface area (TPSA) is 53.6 Å². The third-order valence-electron chi connectivity index (χ3n) is 12.8. The van der Waals surface area contributed by atoms with Gasteiger partial charge in [0.2, 0.25) is 0 Å². The lowest BCUT2D eigenvalue weighted by Crippen LogP contribution is -2.31. The molecule has 300 valence electrons. The molecule has 0 spiro atoms. The summed E-state index contributed by atoms with van der Waals surface area (Å²) in [6, 6.07) is 62.0. The zero-order valence-electron chi connectivity index (χ0n) is 34.6. The number of hydrogen-bond donors (Lipinski definition) is 1. The molecule has 0 saturated heterocycles. The quantitative estimate of drug-likeness (QED) is 0.163. The van der Waals surface area contributed by atoms with E-state index >= 15 is 0 Å². The van der Waals surface area contributed by atoms with Gasteiger partial charge in [0.1, 0.15) is 0 Å². The van der Waals surface area contributed by atoms with Crippen LogP contribution in [0.25, 0.3) is 61.1 Å². The van der Waals surface area contributed by atoms with E-state index in [9.17, 15) is 5.41 Å². The summed E-state index contributed by atoms with van der Waals surface area (Å²) in [7, 11) is 0. The number of nitrogens with one attached hydrogen (secondary N) is 1. The summed E-state index contributed by atoms with van der Waals surface area (Å²) in [6.07, 6.45) is 12.4. The summed E-state index contributed by atoms with van der Waals surface area (Å²) in [5.74, 6) is 1.66. The molecule has 0 unspecified atom stereocenters. The van der Waals surface area contributed by atoms with Crippen LogP contribution >= 0.6 is 0 Å². The SMILES string of the molecule is N=C(C1=c2ccccc2=CCC1)c1ccccc1/N=C/C1=CCCC(n2c3cc(-c4ccc5c(c4)Oc4ccccc4N5c4ccccc4)ccc3c3c4ccccc4ccc32)=C1. The van der Waals surface area contributed by atoms with Crippen molar-refractivity contribution in [3.8, 4) is 22.6 Å². The van der Waals surface area contributed by atoms with Gasteiger partial charge < -0.3 is 14.2 Å². The Morgan fingerprint density at radius 2 is 1.37 bits per heavy atom. The molecule has 1 N–H and O–H groups in total. The van der Waals surface area contributed by atoms with Gasteiger partial charge >= 0.3 is 0 Å². The molecule has 5 nitrogen and oxygen atoms in total. The number of hydrogen-bond acceptors (Lipinski definition) is 4. The molecule has 12 rings (SSSR count). The molecule has 1 aliphatic heterocycles. The number of nitrogens with zero attached hydrogens (tertiary/aromatic N) is 3. The minimum atomic E-state index is 0.550. The van der Waals surface area contributed by atoms with E-state index in [1.165, 1.54) is 43.5 Å². The van der Waals surface area contributed by atoms with Crippen molar-refractivity contribution in [3.63, 3.8) is 0 Å². The van der Waals surface area contributed by atoms with Gasteiger partial charge in [-0.3, -0.25) is 10.4 Å². The van der Waals surface area contributed by atoms with E-state index in [1.807, 2.05) is 42.6 Å². The molecule has 9 aromatic rings. The van der Waals surface area contributed by atoms with E-state index in [1.54, 1.807) is 0 Å². The summed E-state index contributed by atoms with van der Waals surface area (Å²) in [6.45, 7) is 0. The van der Waals surface area contributed by atoms with Gasteiger partial charge in [-0.2, -0.15) is 0 Å². The van der Waals surface area contributed by atoms with Crippen molar-refractivity contribution < 1.29 is 4.74 Å². The van der Waals surface area contributed by atoms with E-state index in [0.29, 0.717) is 5.71 Å². The highest BCUT2D eigenvalue weighted by atomic mass is 16.5. The van der Waals surface area contributed by atoms with Crippen molar-refractivity contribution in [1.82, 2.24) is 4.57 Å². The summed E-state index contributed by atoms with van der Waals surface area (Å²) < 4.78 is 9.11. The van der Waals surface area contributed by atoms with Crippen LogP contribution in [0.2, 0.25) is 0 Å². The smallest absolute Gasteiger partial charge is 0.152 e. The van der Waals surface area contributed by atoms with Crippen molar-refractivity contribution in [2.45, 2.75) is 25.7 Å². The maximum Gasteiger partial charge on any atom is 0.152 e. The second kappa shape index (κ2) is 15.2. The molecular weight excluding hydrogens is 769 g/mol. The number of aromatic nitrogens is 1. The number of ether oxygens (including phenoxy) is 1. The highest BCUT2D eigenvalue weighted by Crippen LogP contribution is 2.51. The van der Waals surface area contributed by atoms with Crippen molar-refractivity contribution >= 4 is 84.6 Å². The predicted octanol–water partition coefficient (Wildman–Crippen LogP) is 13.9. The van der Waals surface area contributed by atoms with Gasteiger partial charge in [-0.05, 0) is 130 Å². The summed E-state index contributed by atoms with van der Waals surface area (Å²) in [5.41, 5.74) is 13.3. The largest absolute Gasteiger partial charge is 0.453 e. The molecular formula is C58H42N4O. The zero-order valence-corrected chi connectivity index (χ0v) is 34.6. The van der Waals surface area contributed by atoms with Gasteiger partial charge in [0, 0.05) is 33.9 Å². The van der Waals surface area contributed by atoms with Crippen molar-refractivity contribution in [1.29, 1.82) is 5.41 Å². The van der Waals surface area contributed by atoms with Gasteiger partial charge in [0.25, 0.3) is 0 Å². The molecule has 0 bridgehead atoms. The first kappa shape index (κ1) is 36.8. The fourth-order valence-electron chi connectivity index (χ4n) is 9.87. The van der Waals surface area contributed by atoms with Crippen molar-refractivity contribution in [2.24, 2.45) is 4.99 Å². The molecule has 0 atom stereocenters. The Labute approximate surface area is 365 Å². The zero-order chi connectivity index (χ0) is 41.9. The minimum absolute atomic E-state index is 0.550. The first-order chi connectivity index (χ1) is 31.2. The van der Waals surface area contributed by atoms with Crippen LogP contribution in [0.5, 0.6) is 11.5 Å². The third kappa shape index (κ3) is 6.31. The Kier molecular flexibility index (Phi) is 8.85. The van der Waals surface area contributed by atoms with Gasteiger partial charge in [-0.25, -0.2) is 0 Å². The number of fused-ring (bicyclic) bond motifs is 8. The van der Waals surface area contributed by atoms with Gasteiger partial charge in [0.05, 0.1) is 33.8 Å². The normalized spacial score (nSPS) is 14.5. The molecule has 0 amide bonds. The first-order valence-electron chi connectivity index (χ1n) is 21.8. The third-order valence-corrected chi connectivity index (χ3v) is 12.8. The second-order valence-electron chi connectivity index (χ2n) is 16.5. The Balaban J connectivity index is 0.952. The minimum Gasteiger partial charge on any atom is -0.453 e. The fraction of sp³-hybridized carbons (Fsp3) is 0.0690. The number of aliphatic imine (C=N–C) groups is 1. The van der Waals surface area contributed by atoms with Crippen molar-refractivity contribution in [3.05, 3.63) is 210 Å². The second-order valence-corrected chi connectivity index (χ2v) is 16.5. The number of para-hydroxylation sites is 4. The van der Waals surface area contributed by atoms with Gasteiger partial charge in [0.15, 0.2) is 11.5 Å². The molecule has 3 aliphatic rings. The van der Waals surface area contributed by atoms with Gasteiger partial charge in [-0.15, -0.1) is 0 Å². The van der Waals surface area contributed by atoms with Crippen LogP contribution in [0.3, 0.4) is 0 Å². The van der Waals surface area contributed by atoms with Crippen LogP contribution in [0.4, 0.5) is 22.7 Å². The predicted molar refractivity (Wildman–Crippen MR) is 263 cm³/mol. The summed E-state index contributed by atoms with van der Waals surface area (Å²) in [4.78, 5) is 7.37. The molecule has 8 aromatic carbocycles. The molecule has 63 heavy (non-hydrogen) atoms. The molecule has 0 radical (unpaired) electrons. The Hall–Kier alpha value is -8.02. The van der Waals surface area contributed by atoms with E-state index in [-0.39, 0.29) is 0 Å². The highest BCUT2D eigenvalue weighted by Gasteiger charge is 2.26. The lowest BCUT2D eigenvalue weighted by Gasteiger charge is -2.33. The van der Waals surface area contributed by atoms with Crippen LogP contribution in [0.15, 0.2) is 199 Å². The Morgan fingerprint density at radius 1 is 0.603 bits per heavy atom. The maximum atomic E-state index is 9.39. The standard InChI is InChI=1S/C58H42N4O/c59-58(47-24-13-17-39-15-4-6-21-45(39)47)48-23-8-9-25-50(48)60-37-38-14-12-20-44(34-38)62-53-33-29-40-16-5-7-22-46(40)57(53)49-31-28-41(35-54(49)62)42-30-32-52-56(36-42)63-55-27-11-10-26-51(55)61(52)43-18-2-1-3-19-43/h1-11,14-19,21-23,25-37,59H,12-13,20,24H2/b59-58?,60-37+. The average molecular weight is 811 g/mol. The highest BCUT2D eigenvalue weighted by molar-refractivity contribution is 6.28. The molecule has 2 aliphatic carbocycles. The fourth-order valence-corrected chi connectivity index (χ4v) is 9.87. The molecule has 0 saturated carbocycles. The summed E-state index contributed by atoms with van der Waals surface area (Å²) >= 11 is 0. The molecule has 1 aromatic heterocycles. The monoisotopic (exact) mass is 810 g/mol. The molecule has 0 fully saturated rings. The summed E-state index contributed by atoms with van der Waals surface area (Å²) in [5, 5.41) is 16.7. The Bertz CT molecular complexity index is 3570. The van der Waals surface area contributed by atoms with E-state index in [4.69, 9.17) is 9.73 Å². The van der Waals surface area contributed by atoms with Gasteiger partial charge in [-0.1, -0.05) is 133 Å². The number of allylic oxidation sites excluding steroid dienone is 4. The van der Waals surface area contributed by atoms with Crippen molar-refractivity contribution in [2.75, 3.05) is 4.90 Å². The van der Waals surface area contributed by atoms with E-state index in [0.717, 1.165) is 93.0 Å². The van der Waals surface area contributed by atoms with E-state index < -0.39 is 0 Å². The Morgan fingerprint density at radius 3 is 2.32 bits per heavy atom. The number of benzene rings is 8. The van der Waals surface area contributed by atoms with Crippen LogP contribution in [0, 0.1) is 5.41 Å². The molecule has 2 heterocycles. The lowest BCUT2D eigenvalue weighted by molar-refractivity contribution is 0.477. The maximum absolute atomic E-state index is 9.39. The lowest BCUT2D eigenvalue weighted by atomic mass is 9.91. The molecule has 5 heteroatoms. The average Bonchev–Trinajstić information content (AvgIpc) is 3.69.